The smallest absolute Gasteiger partial charge is 0.381 e. The highest BCUT2D eigenvalue weighted by molar-refractivity contribution is 8.01. The number of aromatic nitrogens is 1. The molecule has 3 rings (SSSR count). The number of carbonyl (C=O) groups is 1. The summed E-state index contributed by atoms with van der Waals surface area (Å²) in [6.07, 6.45) is -2.69. The minimum atomic E-state index is -4.18. The van der Waals surface area contributed by atoms with Crippen LogP contribution in [-0.2, 0) is 16.0 Å². The highest BCUT2D eigenvalue weighted by Crippen LogP contribution is 2.41. The van der Waals surface area contributed by atoms with Gasteiger partial charge in [0.2, 0.25) is 0 Å². The zero-order chi connectivity index (χ0) is 20.9. The van der Waals surface area contributed by atoms with E-state index < -0.39 is 23.3 Å². The van der Waals surface area contributed by atoms with Crippen LogP contribution in [0.3, 0.4) is 0 Å². The van der Waals surface area contributed by atoms with E-state index >= 15 is 0 Å². The van der Waals surface area contributed by atoms with Crippen molar-refractivity contribution < 1.29 is 27.9 Å². The van der Waals surface area contributed by atoms with Crippen molar-refractivity contribution in [3.8, 4) is 11.3 Å². The van der Waals surface area contributed by atoms with E-state index in [1.165, 1.54) is 18.0 Å². The molecule has 0 bridgehead atoms. The van der Waals surface area contributed by atoms with Crippen LogP contribution in [0, 0.1) is 0 Å². The van der Waals surface area contributed by atoms with Gasteiger partial charge in [-0.25, -0.2) is 5.48 Å². The first-order valence-corrected chi connectivity index (χ1v) is 9.96. The van der Waals surface area contributed by atoms with Crippen molar-refractivity contribution >= 4 is 17.7 Å². The van der Waals surface area contributed by atoms with Crippen LogP contribution < -0.4 is 5.48 Å². The maximum Gasteiger partial charge on any atom is 0.389 e. The number of nitrogens with zero attached hydrogens (tertiary/aromatic N) is 1. The number of hydroxylamine groups is 1. The molecule has 0 saturated carbocycles. The van der Waals surface area contributed by atoms with Crippen LogP contribution in [0.2, 0.25) is 0 Å². The molecule has 1 fully saturated rings. The van der Waals surface area contributed by atoms with Crippen molar-refractivity contribution in [1.82, 2.24) is 10.5 Å². The molecule has 2 heterocycles. The summed E-state index contributed by atoms with van der Waals surface area (Å²) in [5.41, 5.74) is 3.78. The lowest BCUT2D eigenvalue weighted by molar-refractivity contribution is -0.134. The first-order chi connectivity index (χ1) is 13.8. The Balaban J connectivity index is 1.69. The zero-order valence-corrected chi connectivity index (χ0v) is 16.4. The molecule has 5 nitrogen and oxygen atoms in total. The van der Waals surface area contributed by atoms with E-state index in [1.54, 1.807) is 17.6 Å². The number of rotatable bonds is 6. The molecule has 29 heavy (non-hydrogen) atoms. The third kappa shape index (κ3) is 5.71. The van der Waals surface area contributed by atoms with Crippen molar-refractivity contribution in [2.75, 3.05) is 13.2 Å². The van der Waals surface area contributed by atoms with E-state index in [-0.39, 0.29) is 6.42 Å². The third-order valence-electron chi connectivity index (χ3n) is 4.80. The van der Waals surface area contributed by atoms with E-state index in [1.807, 2.05) is 24.3 Å². The van der Waals surface area contributed by atoms with E-state index in [0.717, 1.165) is 10.5 Å². The summed E-state index contributed by atoms with van der Waals surface area (Å²) in [6.45, 7) is 0.895. The quantitative estimate of drug-likeness (QED) is 0.530. The topological polar surface area (TPSA) is 71.5 Å². The van der Waals surface area contributed by atoms with Gasteiger partial charge in [0.05, 0.1) is 5.69 Å². The second-order valence-electron chi connectivity index (χ2n) is 6.84. The van der Waals surface area contributed by atoms with Crippen LogP contribution in [0.15, 0.2) is 47.5 Å². The van der Waals surface area contributed by atoms with Crippen LogP contribution >= 0.6 is 11.8 Å². The van der Waals surface area contributed by atoms with Gasteiger partial charge in [-0.2, -0.15) is 13.2 Å². The Bertz CT molecular complexity index is 820. The summed E-state index contributed by atoms with van der Waals surface area (Å²) in [5, 5.41) is 9.10. The zero-order valence-electron chi connectivity index (χ0n) is 15.5. The number of amides is 1. The van der Waals surface area contributed by atoms with Gasteiger partial charge >= 0.3 is 6.18 Å². The second kappa shape index (κ2) is 9.15. The molecule has 156 valence electrons. The molecule has 1 aliphatic rings. The lowest BCUT2D eigenvalue weighted by atomic mass is 9.98. The summed E-state index contributed by atoms with van der Waals surface area (Å²) in [4.78, 5) is 17.3. The maximum atomic E-state index is 12.3. The summed E-state index contributed by atoms with van der Waals surface area (Å²) in [5.74, 6) is -0.439. The maximum absolute atomic E-state index is 12.3. The fourth-order valence-electron chi connectivity index (χ4n) is 3.13. The average molecular weight is 426 g/mol. The Hall–Kier alpha value is -2.10. The normalized spacial score (nSPS) is 16.4. The Kier molecular flexibility index (Phi) is 6.81. The summed E-state index contributed by atoms with van der Waals surface area (Å²) in [6, 6.07) is 10.8. The Morgan fingerprint density at radius 2 is 1.86 bits per heavy atom. The number of thioether (sulfide) groups is 1. The number of ether oxygens (including phenoxy) is 1. The number of alkyl halides is 3. The minimum absolute atomic E-state index is 0.0922. The Morgan fingerprint density at radius 3 is 2.41 bits per heavy atom. The molecule has 0 unspecified atom stereocenters. The Labute approximate surface area is 170 Å². The van der Waals surface area contributed by atoms with Crippen LogP contribution in [-0.4, -0.2) is 40.2 Å². The largest absolute Gasteiger partial charge is 0.389 e. The number of pyridine rings is 1. The number of aryl methyl sites for hydroxylation is 1. The van der Waals surface area contributed by atoms with Gasteiger partial charge < -0.3 is 4.74 Å². The monoisotopic (exact) mass is 426 g/mol. The molecule has 9 heteroatoms. The van der Waals surface area contributed by atoms with Crippen LogP contribution in [0.1, 0.15) is 24.8 Å². The molecular formula is C20H21F3N2O3S. The molecule has 2 N–H and O–H groups in total. The summed E-state index contributed by atoms with van der Waals surface area (Å²) >= 11 is 1.38. The van der Waals surface area contributed by atoms with E-state index in [4.69, 9.17) is 9.94 Å². The number of hydrogen-bond donors (Lipinski definition) is 2. The van der Waals surface area contributed by atoms with Gasteiger partial charge in [0.25, 0.3) is 5.91 Å². The first-order valence-electron chi connectivity index (χ1n) is 9.15. The van der Waals surface area contributed by atoms with Gasteiger partial charge in [-0.3, -0.25) is 15.0 Å². The number of carbonyl (C=O) groups excluding carboxylic acids is 1. The van der Waals surface area contributed by atoms with Gasteiger partial charge in [0, 0.05) is 36.3 Å². The van der Waals surface area contributed by atoms with Crippen molar-refractivity contribution in [1.29, 1.82) is 0 Å². The SMILES string of the molecule is O=C(NO)C1(Sc2ccc(-c3ccc(CCC(F)(F)F)cn3)cc2)CCOCC1. The van der Waals surface area contributed by atoms with Crippen molar-refractivity contribution in [2.24, 2.45) is 0 Å². The predicted molar refractivity (Wildman–Crippen MR) is 103 cm³/mol. The second-order valence-corrected chi connectivity index (χ2v) is 8.30. The molecule has 1 saturated heterocycles. The lowest BCUT2D eigenvalue weighted by Gasteiger charge is -2.34. The number of hydrogen-bond acceptors (Lipinski definition) is 5. The molecule has 1 aromatic carbocycles. The average Bonchev–Trinajstić information content (AvgIpc) is 2.73. The van der Waals surface area contributed by atoms with Gasteiger partial charge in [-0.1, -0.05) is 18.2 Å². The van der Waals surface area contributed by atoms with Crippen LogP contribution in [0.25, 0.3) is 11.3 Å². The molecule has 1 amide bonds. The summed E-state index contributed by atoms with van der Waals surface area (Å²) in [7, 11) is 0. The third-order valence-corrected chi connectivity index (χ3v) is 6.29. The van der Waals surface area contributed by atoms with E-state index in [0.29, 0.717) is 37.3 Å². The first kappa shape index (κ1) is 21.6. The van der Waals surface area contributed by atoms with Crippen molar-refractivity contribution in [3.63, 3.8) is 0 Å². The van der Waals surface area contributed by atoms with Crippen LogP contribution in [0.4, 0.5) is 13.2 Å². The molecule has 0 radical (unpaired) electrons. The predicted octanol–water partition coefficient (Wildman–Crippen LogP) is 4.39. The molecule has 0 atom stereocenters. The molecule has 2 aromatic rings. The number of nitrogens with one attached hydrogen (secondary N) is 1. The molecule has 1 aliphatic heterocycles. The standard InChI is InChI=1S/C20H21F3N2O3S/c21-20(22,23)8-7-14-1-6-17(24-13-14)15-2-4-16(5-3-15)29-19(18(26)25-27)9-11-28-12-10-19/h1-6,13,27H,7-12H2,(H,25,26). The summed E-state index contributed by atoms with van der Waals surface area (Å²) < 4.78 is 41.5. The van der Waals surface area contributed by atoms with Gasteiger partial charge in [0.15, 0.2) is 0 Å². The lowest BCUT2D eigenvalue weighted by Crippen LogP contribution is -2.46. The highest BCUT2D eigenvalue weighted by atomic mass is 32.2. The molecule has 0 spiro atoms. The number of benzene rings is 1. The van der Waals surface area contributed by atoms with Gasteiger partial charge in [0.1, 0.15) is 4.75 Å². The highest BCUT2D eigenvalue weighted by Gasteiger charge is 2.41. The molecule has 1 aromatic heterocycles. The van der Waals surface area contributed by atoms with Gasteiger partial charge in [-0.15, -0.1) is 11.8 Å². The van der Waals surface area contributed by atoms with Crippen molar-refractivity contribution in [3.05, 3.63) is 48.2 Å². The fourth-order valence-corrected chi connectivity index (χ4v) is 4.36. The Morgan fingerprint density at radius 1 is 1.17 bits per heavy atom. The van der Waals surface area contributed by atoms with Crippen LogP contribution in [0.5, 0.6) is 0 Å². The number of halogens is 3. The van der Waals surface area contributed by atoms with Crippen molar-refractivity contribution in [2.45, 2.75) is 41.5 Å². The van der Waals surface area contributed by atoms with Gasteiger partial charge in [-0.05, 0) is 43.0 Å². The molecular weight excluding hydrogens is 405 g/mol. The minimum Gasteiger partial charge on any atom is -0.381 e. The van der Waals surface area contributed by atoms with E-state index in [2.05, 4.69) is 4.98 Å². The fraction of sp³-hybridized carbons (Fsp3) is 0.400. The molecule has 0 aliphatic carbocycles. The van der Waals surface area contributed by atoms with E-state index in [9.17, 15) is 18.0 Å².